The van der Waals surface area contributed by atoms with E-state index in [0.717, 1.165) is 32.4 Å². The van der Waals surface area contributed by atoms with Crippen molar-refractivity contribution in [1.82, 2.24) is 5.32 Å². The molecule has 19 heavy (non-hydrogen) atoms. The standard InChI is InChI=1S/C16H24ClNO/c1-3-16(2,9-10-17)18-12-15-14-7-5-4-6-13(14)8-11-19-15/h4-7,15,18H,3,8-12H2,1-2H3. The maximum Gasteiger partial charge on any atom is 0.0952 e. The maximum atomic E-state index is 5.93. The van der Waals surface area contributed by atoms with E-state index in [1.54, 1.807) is 0 Å². The molecule has 2 unspecified atom stereocenters. The third kappa shape index (κ3) is 3.71. The largest absolute Gasteiger partial charge is 0.372 e. The molecule has 0 fully saturated rings. The Hall–Kier alpha value is -0.570. The van der Waals surface area contributed by atoms with E-state index in [1.165, 1.54) is 11.1 Å². The van der Waals surface area contributed by atoms with Crippen molar-refractivity contribution in [3.63, 3.8) is 0 Å². The lowest BCUT2D eigenvalue weighted by molar-refractivity contribution is 0.0366. The fraction of sp³-hybridized carbons (Fsp3) is 0.625. The van der Waals surface area contributed by atoms with Crippen LogP contribution >= 0.6 is 11.6 Å². The molecule has 0 aromatic heterocycles. The molecular formula is C16H24ClNO. The molecule has 0 saturated carbocycles. The summed E-state index contributed by atoms with van der Waals surface area (Å²) in [6.45, 7) is 6.12. The molecule has 2 nitrogen and oxygen atoms in total. The van der Waals surface area contributed by atoms with Crippen molar-refractivity contribution < 1.29 is 4.74 Å². The quantitative estimate of drug-likeness (QED) is 0.803. The molecule has 0 aliphatic carbocycles. The number of alkyl halides is 1. The van der Waals surface area contributed by atoms with Crippen LogP contribution in [0, 0.1) is 0 Å². The van der Waals surface area contributed by atoms with Crippen LogP contribution in [0.3, 0.4) is 0 Å². The summed E-state index contributed by atoms with van der Waals surface area (Å²) in [4.78, 5) is 0. The van der Waals surface area contributed by atoms with E-state index >= 15 is 0 Å². The first-order valence-corrected chi connectivity index (χ1v) is 7.72. The van der Waals surface area contributed by atoms with E-state index in [0.29, 0.717) is 5.88 Å². The van der Waals surface area contributed by atoms with Gasteiger partial charge in [-0.2, -0.15) is 0 Å². The van der Waals surface area contributed by atoms with Gasteiger partial charge >= 0.3 is 0 Å². The van der Waals surface area contributed by atoms with Crippen molar-refractivity contribution in [3.05, 3.63) is 35.4 Å². The van der Waals surface area contributed by atoms with Gasteiger partial charge in [-0.25, -0.2) is 0 Å². The number of ether oxygens (including phenoxy) is 1. The highest BCUT2D eigenvalue weighted by molar-refractivity contribution is 6.17. The van der Waals surface area contributed by atoms with Gasteiger partial charge in [0.1, 0.15) is 0 Å². The Kier molecular flexibility index (Phi) is 5.26. The second-order valence-electron chi connectivity index (χ2n) is 5.54. The Morgan fingerprint density at radius 3 is 2.95 bits per heavy atom. The molecule has 1 aromatic rings. The Bertz CT molecular complexity index is 409. The zero-order chi connectivity index (χ0) is 13.7. The molecule has 1 aliphatic heterocycles. The van der Waals surface area contributed by atoms with Gasteiger partial charge < -0.3 is 10.1 Å². The normalized spacial score (nSPS) is 21.7. The average molecular weight is 282 g/mol. The molecule has 0 bridgehead atoms. The molecule has 0 spiro atoms. The summed E-state index contributed by atoms with van der Waals surface area (Å²) in [5.74, 6) is 0.694. The Morgan fingerprint density at radius 2 is 2.21 bits per heavy atom. The SMILES string of the molecule is CCC(C)(CCCl)NCC1OCCc2ccccc21. The lowest BCUT2D eigenvalue weighted by Crippen LogP contribution is -2.45. The predicted molar refractivity (Wildman–Crippen MR) is 80.9 cm³/mol. The molecule has 0 saturated heterocycles. The zero-order valence-electron chi connectivity index (χ0n) is 11.9. The molecular weight excluding hydrogens is 258 g/mol. The summed E-state index contributed by atoms with van der Waals surface area (Å²) >= 11 is 5.90. The van der Waals surface area contributed by atoms with Gasteiger partial charge in [0, 0.05) is 18.0 Å². The summed E-state index contributed by atoms with van der Waals surface area (Å²) in [7, 11) is 0. The van der Waals surface area contributed by atoms with Crippen LogP contribution in [0.2, 0.25) is 0 Å². The van der Waals surface area contributed by atoms with Crippen LogP contribution in [-0.4, -0.2) is 24.6 Å². The van der Waals surface area contributed by atoms with Crippen molar-refractivity contribution in [3.8, 4) is 0 Å². The van der Waals surface area contributed by atoms with Crippen LogP contribution in [0.25, 0.3) is 0 Å². The zero-order valence-corrected chi connectivity index (χ0v) is 12.7. The highest BCUT2D eigenvalue weighted by atomic mass is 35.5. The van der Waals surface area contributed by atoms with Crippen molar-refractivity contribution in [2.45, 2.75) is 44.8 Å². The fourth-order valence-corrected chi connectivity index (χ4v) is 3.00. The number of nitrogens with one attached hydrogen (secondary N) is 1. The van der Waals surface area contributed by atoms with Crippen LogP contribution < -0.4 is 5.32 Å². The van der Waals surface area contributed by atoms with Gasteiger partial charge in [0.2, 0.25) is 0 Å². The van der Waals surface area contributed by atoms with Gasteiger partial charge in [-0.3, -0.25) is 0 Å². The van der Waals surface area contributed by atoms with Crippen molar-refractivity contribution in [1.29, 1.82) is 0 Å². The Balaban J connectivity index is 2.01. The van der Waals surface area contributed by atoms with Crippen molar-refractivity contribution in [2.75, 3.05) is 19.0 Å². The fourth-order valence-electron chi connectivity index (χ4n) is 2.58. The highest BCUT2D eigenvalue weighted by Crippen LogP contribution is 2.27. The van der Waals surface area contributed by atoms with Crippen LogP contribution in [0.15, 0.2) is 24.3 Å². The first kappa shape index (κ1) is 14.8. The first-order chi connectivity index (χ1) is 9.18. The van der Waals surface area contributed by atoms with E-state index in [1.807, 2.05) is 0 Å². The van der Waals surface area contributed by atoms with E-state index in [9.17, 15) is 0 Å². The molecule has 1 heterocycles. The van der Waals surface area contributed by atoms with E-state index < -0.39 is 0 Å². The molecule has 0 amide bonds. The Labute approximate surface area is 121 Å². The summed E-state index contributed by atoms with van der Waals surface area (Å²) in [5.41, 5.74) is 2.87. The summed E-state index contributed by atoms with van der Waals surface area (Å²) in [5, 5.41) is 3.65. The number of hydrogen-bond acceptors (Lipinski definition) is 2. The summed E-state index contributed by atoms with van der Waals surface area (Å²) < 4.78 is 5.93. The molecule has 1 aromatic carbocycles. The van der Waals surface area contributed by atoms with Crippen LogP contribution in [0.1, 0.15) is 43.9 Å². The topological polar surface area (TPSA) is 21.3 Å². The van der Waals surface area contributed by atoms with E-state index in [2.05, 4.69) is 43.4 Å². The van der Waals surface area contributed by atoms with Gasteiger partial charge in [0.15, 0.2) is 0 Å². The van der Waals surface area contributed by atoms with Gasteiger partial charge in [0.05, 0.1) is 12.7 Å². The van der Waals surface area contributed by atoms with E-state index in [-0.39, 0.29) is 11.6 Å². The van der Waals surface area contributed by atoms with Gasteiger partial charge in [-0.15, -0.1) is 11.6 Å². The van der Waals surface area contributed by atoms with Gasteiger partial charge in [-0.05, 0) is 37.3 Å². The monoisotopic (exact) mass is 281 g/mol. The molecule has 0 radical (unpaired) electrons. The van der Waals surface area contributed by atoms with Crippen molar-refractivity contribution >= 4 is 11.6 Å². The van der Waals surface area contributed by atoms with Crippen molar-refractivity contribution in [2.24, 2.45) is 0 Å². The smallest absolute Gasteiger partial charge is 0.0952 e. The first-order valence-electron chi connectivity index (χ1n) is 7.19. The average Bonchev–Trinajstić information content (AvgIpc) is 2.45. The highest BCUT2D eigenvalue weighted by Gasteiger charge is 2.25. The number of rotatable bonds is 6. The maximum absolute atomic E-state index is 5.93. The number of hydrogen-bond donors (Lipinski definition) is 1. The van der Waals surface area contributed by atoms with Crippen LogP contribution in [0.4, 0.5) is 0 Å². The lowest BCUT2D eigenvalue weighted by Gasteiger charge is -2.33. The number of benzene rings is 1. The molecule has 1 N–H and O–H groups in total. The summed E-state index contributed by atoms with van der Waals surface area (Å²) in [6.07, 6.45) is 3.26. The molecule has 3 heteroatoms. The third-order valence-corrected chi connectivity index (χ3v) is 4.42. The summed E-state index contributed by atoms with van der Waals surface area (Å²) in [6, 6.07) is 8.60. The van der Waals surface area contributed by atoms with Crippen LogP contribution in [-0.2, 0) is 11.2 Å². The van der Waals surface area contributed by atoms with Gasteiger partial charge in [0.25, 0.3) is 0 Å². The molecule has 106 valence electrons. The van der Waals surface area contributed by atoms with Crippen LogP contribution in [0.5, 0.6) is 0 Å². The molecule has 2 rings (SSSR count). The minimum atomic E-state index is 0.109. The van der Waals surface area contributed by atoms with Gasteiger partial charge in [-0.1, -0.05) is 31.2 Å². The minimum Gasteiger partial charge on any atom is -0.372 e. The number of fused-ring (bicyclic) bond motifs is 1. The second kappa shape index (κ2) is 6.74. The minimum absolute atomic E-state index is 0.109. The molecule has 2 atom stereocenters. The third-order valence-electron chi connectivity index (χ3n) is 4.23. The predicted octanol–water partition coefficient (Wildman–Crippen LogP) is 3.69. The lowest BCUT2D eigenvalue weighted by atomic mass is 9.93. The Morgan fingerprint density at radius 1 is 1.42 bits per heavy atom. The second-order valence-corrected chi connectivity index (χ2v) is 5.92. The van der Waals surface area contributed by atoms with E-state index in [4.69, 9.17) is 16.3 Å². The molecule has 1 aliphatic rings. The number of halogens is 1.